The minimum absolute atomic E-state index is 0.201. The summed E-state index contributed by atoms with van der Waals surface area (Å²) in [6.45, 7) is 0.201. The Morgan fingerprint density at radius 3 is 2.56 bits per heavy atom. The van der Waals surface area contributed by atoms with Gasteiger partial charge in [0.1, 0.15) is 11.7 Å². The van der Waals surface area contributed by atoms with Crippen LogP contribution in [0.1, 0.15) is 39.0 Å². The molecule has 160 valence electrons. The highest BCUT2D eigenvalue weighted by Gasteiger charge is 2.45. The number of fused-ring (bicyclic) bond motifs is 2. The van der Waals surface area contributed by atoms with Gasteiger partial charge >= 0.3 is 5.97 Å². The lowest BCUT2D eigenvalue weighted by Crippen LogP contribution is -2.44. The molecule has 0 saturated heterocycles. The van der Waals surface area contributed by atoms with E-state index in [0.717, 1.165) is 5.56 Å². The number of halogens is 2. The molecule has 0 fully saturated rings. The van der Waals surface area contributed by atoms with Crippen LogP contribution in [-0.4, -0.2) is 26.9 Å². The first-order valence-electron chi connectivity index (χ1n) is 10.1. The minimum Gasteiger partial charge on any atom is -0.481 e. The van der Waals surface area contributed by atoms with Crippen LogP contribution in [0.5, 0.6) is 0 Å². The van der Waals surface area contributed by atoms with Crippen LogP contribution in [0.15, 0.2) is 72.9 Å². The summed E-state index contributed by atoms with van der Waals surface area (Å²) in [5.74, 6) is -2.67. The number of carboxylic acids is 1. The minimum atomic E-state index is -1.03. The Hall–Kier alpha value is -3.64. The van der Waals surface area contributed by atoms with E-state index in [2.05, 4.69) is 4.98 Å². The summed E-state index contributed by atoms with van der Waals surface area (Å²) in [4.78, 5) is 30.7. The van der Waals surface area contributed by atoms with Gasteiger partial charge in [-0.25, -0.2) is 4.39 Å². The molecule has 1 amide bonds. The number of aromatic nitrogens is 1. The van der Waals surface area contributed by atoms with Crippen molar-refractivity contribution in [3.05, 3.63) is 106 Å². The van der Waals surface area contributed by atoms with E-state index < -0.39 is 23.7 Å². The molecule has 2 atom stereocenters. The zero-order valence-corrected chi connectivity index (χ0v) is 17.5. The third kappa shape index (κ3) is 3.33. The van der Waals surface area contributed by atoms with E-state index in [1.54, 1.807) is 53.6 Å². The normalized spacial score (nSPS) is 18.1. The van der Waals surface area contributed by atoms with Gasteiger partial charge in [0.25, 0.3) is 5.91 Å². The molecule has 0 saturated carbocycles. The fourth-order valence-electron chi connectivity index (χ4n) is 4.53. The number of rotatable bonds is 4. The molecule has 2 heterocycles. The SMILES string of the molecule is O=C(O)C1c2ccccc2C(=O)N(Cc2ccc(Cl)cc2)C1c1c[nH]c2cc(F)ccc12. The van der Waals surface area contributed by atoms with Crippen LogP contribution in [0.4, 0.5) is 4.39 Å². The van der Waals surface area contributed by atoms with Crippen LogP contribution >= 0.6 is 11.6 Å². The number of carbonyl (C=O) groups is 2. The van der Waals surface area contributed by atoms with Crippen molar-refractivity contribution in [1.82, 2.24) is 9.88 Å². The Balaban J connectivity index is 1.72. The Morgan fingerprint density at radius 2 is 1.81 bits per heavy atom. The quantitative estimate of drug-likeness (QED) is 0.431. The lowest BCUT2D eigenvalue weighted by molar-refractivity contribution is -0.140. The number of carboxylic acid groups (broad SMARTS) is 1. The fourth-order valence-corrected chi connectivity index (χ4v) is 4.66. The highest BCUT2D eigenvalue weighted by Crippen LogP contribution is 2.45. The van der Waals surface area contributed by atoms with Gasteiger partial charge in [-0.2, -0.15) is 0 Å². The van der Waals surface area contributed by atoms with Crippen LogP contribution in [0, 0.1) is 5.82 Å². The Kier molecular flexibility index (Phi) is 4.94. The third-order valence-electron chi connectivity index (χ3n) is 5.97. The number of benzene rings is 3. The van der Waals surface area contributed by atoms with E-state index in [1.807, 2.05) is 12.1 Å². The first-order chi connectivity index (χ1) is 15.4. The van der Waals surface area contributed by atoms with Gasteiger partial charge < -0.3 is 15.0 Å². The third-order valence-corrected chi connectivity index (χ3v) is 6.22. The van der Waals surface area contributed by atoms with E-state index in [9.17, 15) is 19.1 Å². The summed E-state index contributed by atoms with van der Waals surface area (Å²) >= 11 is 6.01. The van der Waals surface area contributed by atoms with E-state index >= 15 is 0 Å². The van der Waals surface area contributed by atoms with Crippen LogP contribution in [-0.2, 0) is 11.3 Å². The van der Waals surface area contributed by atoms with Crippen molar-refractivity contribution in [2.75, 3.05) is 0 Å². The van der Waals surface area contributed by atoms with E-state index in [4.69, 9.17) is 11.6 Å². The van der Waals surface area contributed by atoms with Crippen LogP contribution < -0.4 is 0 Å². The average Bonchev–Trinajstić information content (AvgIpc) is 3.19. The highest BCUT2D eigenvalue weighted by molar-refractivity contribution is 6.30. The van der Waals surface area contributed by atoms with Crippen molar-refractivity contribution in [1.29, 1.82) is 0 Å². The highest BCUT2D eigenvalue weighted by atomic mass is 35.5. The molecule has 1 aliphatic rings. The first kappa shape index (κ1) is 20.3. The van der Waals surface area contributed by atoms with Gasteiger partial charge in [-0.1, -0.05) is 41.9 Å². The molecule has 0 radical (unpaired) electrons. The smallest absolute Gasteiger partial charge is 0.313 e. The van der Waals surface area contributed by atoms with Gasteiger partial charge in [-0.15, -0.1) is 0 Å². The molecular weight excluding hydrogens is 431 g/mol. The zero-order valence-electron chi connectivity index (χ0n) is 16.8. The molecule has 32 heavy (non-hydrogen) atoms. The topological polar surface area (TPSA) is 73.4 Å². The number of H-pyrrole nitrogens is 1. The number of carbonyl (C=O) groups excluding carboxylic acids is 1. The van der Waals surface area contributed by atoms with Gasteiger partial charge in [0.2, 0.25) is 0 Å². The lowest BCUT2D eigenvalue weighted by atomic mass is 9.79. The molecule has 1 aromatic heterocycles. The van der Waals surface area contributed by atoms with Crippen molar-refractivity contribution in [2.45, 2.75) is 18.5 Å². The summed E-state index contributed by atoms with van der Waals surface area (Å²) in [5, 5.41) is 11.5. The lowest BCUT2D eigenvalue weighted by Gasteiger charge is -2.40. The van der Waals surface area contributed by atoms with Gasteiger partial charge in [-0.3, -0.25) is 9.59 Å². The van der Waals surface area contributed by atoms with Gasteiger partial charge in [0.15, 0.2) is 0 Å². The monoisotopic (exact) mass is 448 g/mol. The second kappa shape index (κ2) is 7.80. The van der Waals surface area contributed by atoms with Crippen LogP contribution in [0.3, 0.4) is 0 Å². The summed E-state index contributed by atoms with van der Waals surface area (Å²) < 4.78 is 13.8. The molecule has 0 spiro atoms. The predicted octanol–water partition coefficient (Wildman–Crippen LogP) is 5.53. The van der Waals surface area contributed by atoms with Crippen molar-refractivity contribution >= 4 is 34.4 Å². The molecular formula is C25H18ClFN2O3. The summed E-state index contributed by atoms with van der Waals surface area (Å²) in [5.41, 5.74) is 2.84. The molecule has 0 aliphatic carbocycles. The fraction of sp³-hybridized carbons (Fsp3) is 0.120. The van der Waals surface area contributed by atoms with Gasteiger partial charge in [-0.05, 0) is 47.5 Å². The number of nitrogens with zero attached hydrogens (tertiary/aromatic N) is 1. The van der Waals surface area contributed by atoms with E-state index in [0.29, 0.717) is 32.6 Å². The van der Waals surface area contributed by atoms with Gasteiger partial charge in [0, 0.05) is 39.8 Å². The molecule has 4 aromatic rings. The van der Waals surface area contributed by atoms with Crippen molar-refractivity contribution in [2.24, 2.45) is 0 Å². The predicted molar refractivity (Wildman–Crippen MR) is 119 cm³/mol. The second-order valence-corrected chi connectivity index (χ2v) is 8.28. The summed E-state index contributed by atoms with van der Waals surface area (Å²) in [7, 11) is 0. The van der Waals surface area contributed by atoms with Crippen molar-refractivity contribution in [3.8, 4) is 0 Å². The molecule has 5 rings (SSSR count). The van der Waals surface area contributed by atoms with Gasteiger partial charge in [0.05, 0.1) is 6.04 Å². The molecule has 7 heteroatoms. The molecule has 2 N–H and O–H groups in total. The Bertz CT molecular complexity index is 1350. The maximum Gasteiger partial charge on any atom is 0.313 e. The molecule has 0 bridgehead atoms. The van der Waals surface area contributed by atoms with E-state index in [1.165, 1.54) is 12.1 Å². The number of hydrogen-bond acceptors (Lipinski definition) is 2. The standard InChI is InChI=1S/C25H18ClFN2O3/c26-15-7-5-14(6-8-15)13-29-23(20-12-28-21-11-16(27)9-10-17(20)21)22(25(31)32)18-3-1-2-4-19(18)24(29)30/h1-12,22-23,28H,13H2,(H,31,32). The second-order valence-electron chi connectivity index (χ2n) is 7.84. The molecule has 2 unspecified atom stereocenters. The number of nitrogens with one attached hydrogen (secondary N) is 1. The number of aliphatic carboxylic acids is 1. The maximum absolute atomic E-state index is 13.8. The maximum atomic E-state index is 13.8. The average molecular weight is 449 g/mol. The largest absolute Gasteiger partial charge is 0.481 e. The first-order valence-corrected chi connectivity index (χ1v) is 10.5. The summed E-state index contributed by atoms with van der Waals surface area (Å²) in [6, 6.07) is 17.4. The van der Waals surface area contributed by atoms with E-state index in [-0.39, 0.29) is 12.5 Å². The van der Waals surface area contributed by atoms with Crippen molar-refractivity contribution in [3.63, 3.8) is 0 Å². The number of hydrogen-bond donors (Lipinski definition) is 2. The molecule has 5 nitrogen and oxygen atoms in total. The molecule has 3 aromatic carbocycles. The number of amides is 1. The Labute approximate surface area is 188 Å². The van der Waals surface area contributed by atoms with Crippen LogP contribution in [0.25, 0.3) is 10.9 Å². The van der Waals surface area contributed by atoms with Crippen LogP contribution in [0.2, 0.25) is 5.02 Å². The Morgan fingerprint density at radius 1 is 1.06 bits per heavy atom. The van der Waals surface area contributed by atoms with Crippen molar-refractivity contribution < 1.29 is 19.1 Å². The summed E-state index contributed by atoms with van der Waals surface area (Å²) in [6.07, 6.45) is 1.67. The number of aromatic amines is 1. The molecule has 1 aliphatic heterocycles. The zero-order chi connectivity index (χ0) is 22.4.